The Kier molecular flexibility index (Phi) is 3.47. The van der Waals surface area contributed by atoms with E-state index in [2.05, 4.69) is 15.5 Å². The first kappa shape index (κ1) is 12.2. The molecular formula is C12H10N4OS2. The lowest BCUT2D eigenvalue weighted by Gasteiger charge is -2.03. The highest BCUT2D eigenvalue weighted by Crippen LogP contribution is 2.17. The third-order valence-electron chi connectivity index (χ3n) is 2.51. The Labute approximate surface area is 116 Å². The first-order chi connectivity index (χ1) is 9.34. The molecule has 0 radical (unpaired) electrons. The Balaban J connectivity index is 1.87. The molecule has 3 aromatic rings. The molecular weight excluding hydrogens is 280 g/mol. The zero-order valence-electron chi connectivity index (χ0n) is 9.84. The number of nitrogens with zero attached hydrogens (tertiary/aromatic N) is 4. The van der Waals surface area contributed by atoms with Gasteiger partial charge >= 0.3 is 0 Å². The van der Waals surface area contributed by atoms with Gasteiger partial charge in [0.25, 0.3) is 0 Å². The number of benzene rings is 1. The van der Waals surface area contributed by atoms with E-state index in [1.807, 2.05) is 47.8 Å². The van der Waals surface area contributed by atoms with E-state index < -0.39 is 10.8 Å². The second-order valence-electron chi connectivity index (χ2n) is 3.76. The molecule has 0 fully saturated rings. The van der Waals surface area contributed by atoms with E-state index in [0.29, 0.717) is 11.6 Å². The van der Waals surface area contributed by atoms with Crippen LogP contribution in [0.5, 0.6) is 0 Å². The normalized spacial score (nSPS) is 12.4. The summed E-state index contributed by atoms with van der Waals surface area (Å²) in [5.41, 5.74) is 0.866. The third-order valence-corrected chi connectivity index (χ3v) is 5.13. The second kappa shape index (κ2) is 5.41. The van der Waals surface area contributed by atoms with Crippen molar-refractivity contribution in [1.82, 2.24) is 20.2 Å². The van der Waals surface area contributed by atoms with Crippen molar-refractivity contribution in [2.24, 2.45) is 0 Å². The Hall–Kier alpha value is -1.86. The van der Waals surface area contributed by atoms with Crippen molar-refractivity contribution in [3.8, 4) is 5.69 Å². The Bertz CT molecular complexity index is 679. The minimum atomic E-state index is -1.11. The summed E-state index contributed by atoms with van der Waals surface area (Å²) in [6.45, 7) is 0. The summed E-state index contributed by atoms with van der Waals surface area (Å²) in [4.78, 5) is 0. The van der Waals surface area contributed by atoms with Gasteiger partial charge < -0.3 is 0 Å². The monoisotopic (exact) mass is 290 g/mol. The first-order valence-electron chi connectivity index (χ1n) is 5.59. The van der Waals surface area contributed by atoms with Crippen molar-refractivity contribution in [1.29, 1.82) is 0 Å². The molecule has 19 heavy (non-hydrogen) atoms. The minimum absolute atomic E-state index is 0.308. The smallest absolute Gasteiger partial charge is 0.169 e. The number of hydrogen-bond acceptors (Lipinski definition) is 5. The number of para-hydroxylation sites is 1. The van der Waals surface area contributed by atoms with Gasteiger partial charge in [-0.05, 0) is 34.0 Å². The van der Waals surface area contributed by atoms with Crippen LogP contribution >= 0.6 is 11.3 Å². The van der Waals surface area contributed by atoms with Crippen LogP contribution in [0.1, 0.15) is 5.82 Å². The Morgan fingerprint density at radius 1 is 1.16 bits per heavy atom. The largest absolute Gasteiger partial charge is 0.253 e. The van der Waals surface area contributed by atoms with E-state index >= 15 is 0 Å². The van der Waals surface area contributed by atoms with Crippen LogP contribution in [0.15, 0.2) is 52.1 Å². The lowest BCUT2D eigenvalue weighted by atomic mass is 10.3. The van der Waals surface area contributed by atoms with Crippen LogP contribution in [-0.4, -0.2) is 24.4 Å². The summed E-state index contributed by atoms with van der Waals surface area (Å²) in [7, 11) is -1.11. The van der Waals surface area contributed by atoms with Gasteiger partial charge in [-0.25, -0.2) is 0 Å². The molecule has 96 valence electrons. The fourth-order valence-corrected chi connectivity index (χ4v) is 3.66. The zero-order valence-corrected chi connectivity index (χ0v) is 11.5. The van der Waals surface area contributed by atoms with Crippen LogP contribution < -0.4 is 0 Å². The van der Waals surface area contributed by atoms with E-state index in [-0.39, 0.29) is 0 Å². The van der Waals surface area contributed by atoms with E-state index in [0.717, 1.165) is 9.90 Å². The molecule has 1 aromatic carbocycles. The van der Waals surface area contributed by atoms with E-state index in [1.54, 1.807) is 4.68 Å². The standard InChI is InChI=1S/C12H10N4OS2/c17-19(12-7-4-8-18-12)9-11-13-14-15-16(11)10-5-2-1-3-6-10/h1-8H,9H2. The molecule has 1 unspecified atom stereocenters. The van der Waals surface area contributed by atoms with Crippen LogP contribution in [0.4, 0.5) is 0 Å². The molecule has 1 atom stereocenters. The van der Waals surface area contributed by atoms with Crippen LogP contribution in [0.3, 0.4) is 0 Å². The highest BCUT2D eigenvalue weighted by molar-refractivity contribution is 7.86. The molecule has 0 aliphatic rings. The molecule has 0 saturated carbocycles. The topological polar surface area (TPSA) is 60.7 Å². The number of rotatable bonds is 4. The second-order valence-corrected chi connectivity index (χ2v) is 6.39. The summed E-state index contributed by atoms with van der Waals surface area (Å²) >= 11 is 1.48. The summed E-state index contributed by atoms with van der Waals surface area (Å²) < 4.78 is 14.6. The number of tetrazole rings is 1. The zero-order chi connectivity index (χ0) is 13.1. The lowest BCUT2D eigenvalue weighted by Crippen LogP contribution is -2.06. The van der Waals surface area contributed by atoms with Crippen LogP contribution in [0, 0.1) is 0 Å². The number of aromatic nitrogens is 4. The SMILES string of the molecule is O=S(Cc1nnnn1-c1ccccc1)c1cccs1. The summed E-state index contributed by atoms with van der Waals surface area (Å²) in [5.74, 6) is 0.903. The maximum atomic E-state index is 12.2. The summed E-state index contributed by atoms with van der Waals surface area (Å²) in [5, 5.41) is 13.5. The van der Waals surface area contributed by atoms with Crippen LogP contribution in [0.25, 0.3) is 5.69 Å². The molecule has 0 N–H and O–H groups in total. The van der Waals surface area contributed by atoms with Crippen LogP contribution in [-0.2, 0) is 16.6 Å². The van der Waals surface area contributed by atoms with Gasteiger partial charge in [0.1, 0.15) is 0 Å². The Morgan fingerprint density at radius 2 is 2.00 bits per heavy atom. The molecule has 7 heteroatoms. The highest BCUT2D eigenvalue weighted by atomic mass is 32.2. The van der Waals surface area contributed by atoms with Crippen LogP contribution in [0.2, 0.25) is 0 Å². The van der Waals surface area contributed by atoms with Crippen molar-refractivity contribution in [3.63, 3.8) is 0 Å². The maximum absolute atomic E-state index is 12.2. The van der Waals surface area contributed by atoms with E-state index in [4.69, 9.17) is 0 Å². The van der Waals surface area contributed by atoms with Gasteiger partial charge in [0.15, 0.2) is 5.82 Å². The van der Waals surface area contributed by atoms with Gasteiger partial charge in [0, 0.05) is 0 Å². The molecule has 0 saturated heterocycles. The number of thiophene rings is 1. The van der Waals surface area contributed by atoms with Gasteiger partial charge in [-0.15, -0.1) is 16.4 Å². The molecule has 0 aliphatic carbocycles. The van der Waals surface area contributed by atoms with Crippen molar-refractivity contribution in [2.45, 2.75) is 9.96 Å². The molecule has 0 spiro atoms. The molecule has 0 bridgehead atoms. The van der Waals surface area contributed by atoms with Gasteiger partial charge in [0.2, 0.25) is 0 Å². The Morgan fingerprint density at radius 3 is 2.74 bits per heavy atom. The molecule has 3 rings (SSSR count). The quantitative estimate of drug-likeness (QED) is 0.737. The van der Waals surface area contributed by atoms with Crippen molar-refractivity contribution >= 4 is 22.1 Å². The average Bonchev–Trinajstić information content (AvgIpc) is 3.11. The summed E-state index contributed by atoms with van der Waals surface area (Å²) in [6.07, 6.45) is 0. The van der Waals surface area contributed by atoms with Crippen molar-refractivity contribution in [3.05, 3.63) is 53.7 Å². The fraction of sp³-hybridized carbons (Fsp3) is 0.0833. The third kappa shape index (κ3) is 2.61. The molecule has 2 heterocycles. The first-order valence-corrected chi connectivity index (χ1v) is 7.79. The van der Waals surface area contributed by atoms with E-state index in [1.165, 1.54) is 11.3 Å². The van der Waals surface area contributed by atoms with Gasteiger partial charge in [-0.1, -0.05) is 24.3 Å². The highest BCUT2D eigenvalue weighted by Gasteiger charge is 2.13. The van der Waals surface area contributed by atoms with Crippen molar-refractivity contribution in [2.75, 3.05) is 0 Å². The van der Waals surface area contributed by atoms with Gasteiger partial charge in [-0.2, -0.15) is 4.68 Å². The van der Waals surface area contributed by atoms with Gasteiger partial charge in [0.05, 0.1) is 26.4 Å². The van der Waals surface area contributed by atoms with Gasteiger partial charge in [-0.3, -0.25) is 4.21 Å². The maximum Gasteiger partial charge on any atom is 0.169 e. The molecule has 0 aliphatic heterocycles. The predicted molar refractivity (Wildman–Crippen MR) is 73.6 cm³/mol. The minimum Gasteiger partial charge on any atom is -0.253 e. The lowest BCUT2D eigenvalue weighted by molar-refractivity contribution is 0.681. The summed E-state index contributed by atoms with van der Waals surface area (Å²) in [6, 6.07) is 13.3. The fourth-order valence-electron chi connectivity index (χ4n) is 1.65. The number of hydrogen-bond donors (Lipinski definition) is 0. The molecule has 2 aromatic heterocycles. The molecule has 5 nitrogen and oxygen atoms in total. The van der Waals surface area contributed by atoms with E-state index in [9.17, 15) is 4.21 Å². The predicted octanol–water partition coefficient (Wildman–Crippen LogP) is 2.03. The van der Waals surface area contributed by atoms with Crippen molar-refractivity contribution < 1.29 is 4.21 Å². The molecule has 0 amide bonds. The average molecular weight is 290 g/mol.